The van der Waals surface area contributed by atoms with E-state index < -0.39 is 0 Å². The van der Waals surface area contributed by atoms with Crippen molar-refractivity contribution in [2.45, 2.75) is 0 Å². The molecular formula is C10H7ClN2. The van der Waals surface area contributed by atoms with E-state index in [4.69, 9.17) is 17.1 Å². The second kappa shape index (κ2) is 3.15. The summed E-state index contributed by atoms with van der Waals surface area (Å²) in [6.07, 6.45) is 0. The molecule has 64 valence electrons. The largest absolute Gasteiger partial charge is 0.502 e. The van der Waals surface area contributed by atoms with Gasteiger partial charge in [0.2, 0.25) is 5.69 Å². The van der Waals surface area contributed by atoms with Gasteiger partial charge in [0.05, 0.1) is 5.39 Å². The first-order chi connectivity index (χ1) is 6.31. The quantitative estimate of drug-likeness (QED) is 0.670. The lowest BCUT2D eigenvalue weighted by atomic mass is 10.1. The van der Waals surface area contributed by atoms with E-state index in [-0.39, 0.29) is 0 Å². The van der Waals surface area contributed by atoms with E-state index in [9.17, 15) is 0 Å². The number of benzene rings is 2. The van der Waals surface area contributed by atoms with Crippen molar-refractivity contribution in [2.75, 3.05) is 0 Å². The van der Waals surface area contributed by atoms with Crippen molar-refractivity contribution < 1.29 is 5.11 Å². The highest BCUT2D eigenvalue weighted by Gasteiger charge is 2.01. The van der Waals surface area contributed by atoms with Gasteiger partial charge in [0.25, 0.3) is 0 Å². The summed E-state index contributed by atoms with van der Waals surface area (Å²) < 4.78 is 0. The lowest BCUT2D eigenvalue weighted by Crippen LogP contribution is -2.54. The second-order valence-corrected chi connectivity index (χ2v) is 3.22. The Labute approximate surface area is 80.7 Å². The molecule has 0 radical (unpaired) electrons. The van der Waals surface area contributed by atoms with Crippen LogP contribution in [0.15, 0.2) is 36.4 Å². The number of rotatable bonds is 1. The lowest BCUT2D eigenvalue weighted by Gasteiger charge is -1.98. The van der Waals surface area contributed by atoms with Crippen molar-refractivity contribution in [3.05, 3.63) is 47.0 Å². The molecule has 0 bridgehead atoms. The molecule has 13 heavy (non-hydrogen) atoms. The number of nitrogens with one attached hydrogen (secondary N) is 1. The van der Waals surface area contributed by atoms with Crippen LogP contribution in [0.3, 0.4) is 0 Å². The minimum atomic E-state index is 0.662. The zero-order valence-corrected chi connectivity index (χ0v) is 7.55. The van der Waals surface area contributed by atoms with Gasteiger partial charge in [-0.3, -0.25) is 5.11 Å². The molecular weight excluding hydrogens is 184 g/mol. The molecule has 0 fully saturated rings. The Balaban J connectivity index is 2.86. The van der Waals surface area contributed by atoms with E-state index >= 15 is 0 Å². The van der Waals surface area contributed by atoms with Gasteiger partial charge in [-0.15, -0.1) is 0 Å². The van der Waals surface area contributed by atoms with Crippen molar-refractivity contribution in [1.82, 2.24) is 0 Å². The highest BCUT2D eigenvalue weighted by atomic mass is 35.5. The van der Waals surface area contributed by atoms with Gasteiger partial charge in [0.15, 0.2) is 0 Å². The molecule has 2 rings (SSSR count). The molecule has 0 aromatic heterocycles. The maximum absolute atomic E-state index is 8.83. The maximum Gasteiger partial charge on any atom is 0.200 e. The zero-order valence-electron chi connectivity index (χ0n) is 6.79. The zero-order chi connectivity index (χ0) is 9.26. The van der Waals surface area contributed by atoms with E-state index in [0.29, 0.717) is 10.7 Å². The summed E-state index contributed by atoms with van der Waals surface area (Å²) in [5.74, 6) is 0. The number of hydrogen-bond donors (Lipinski definition) is 1. The lowest BCUT2D eigenvalue weighted by molar-refractivity contribution is -0.377. The molecule has 0 saturated carbocycles. The molecule has 0 aliphatic carbocycles. The van der Waals surface area contributed by atoms with Gasteiger partial charge in [0.1, 0.15) is 0 Å². The molecule has 0 aliphatic heterocycles. The third-order valence-electron chi connectivity index (χ3n) is 1.96. The Kier molecular flexibility index (Phi) is 1.99. The Bertz CT molecular complexity index is 465. The first-order valence-corrected chi connectivity index (χ1v) is 4.27. The third-order valence-corrected chi connectivity index (χ3v) is 2.20. The minimum Gasteiger partial charge on any atom is -0.502 e. The Morgan fingerprint density at radius 3 is 2.77 bits per heavy atom. The van der Waals surface area contributed by atoms with Crippen LogP contribution in [0, 0.1) is 0 Å². The molecule has 0 unspecified atom stereocenters. The summed E-state index contributed by atoms with van der Waals surface area (Å²) in [7, 11) is 0. The molecule has 0 heterocycles. The van der Waals surface area contributed by atoms with Crippen LogP contribution in [-0.2, 0) is 0 Å². The van der Waals surface area contributed by atoms with Crippen LogP contribution >= 0.6 is 11.6 Å². The number of nitrogens with zero attached hydrogens (tertiary/aromatic N) is 1. The van der Waals surface area contributed by atoms with E-state index in [1.165, 1.54) is 0 Å². The Morgan fingerprint density at radius 1 is 1.15 bits per heavy atom. The fourth-order valence-corrected chi connectivity index (χ4v) is 1.51. The van der Waals surface area contributed by atoms with Crippen molar-refractivity contribution in [3.63, 3.8) is 0 Å². The molecule has 2 aromatic rings. The average Bonchev–Trinajstić information content (AvgIpc) is 2.17. The van der Waals surface area contributed by atoms with Crippen LogP contribution in [0.2, 0.25) is 5.02 Å². The predicted molar refractivity (Wildman–Crippen MR) is 52.9 cm³/mol. The van der Waals surface area contributed by atoms with Crippen LogP contribution < -0.4 is 5.11 Å². The summed E-state index contributed by atoms with van der Waals surface area (Å²) in [4.78, 5) is 0. The topological polar surface area (TPSA) is 36.3 Å². The van der Waals surface area contributed by atoms with E-state index in [2.05, 4.69) is 5.11 Å². The van der Waals surface area contributed by atoms with Crippen LogP contribution in [0.4, 0.5) is 5.69 Å². The van der Waals surface area contributed by atoms with Gasteiger partial charge in [-0.25, -0.2) is 0 Å². The third kappa shape index (κ3) is 1.40. The minimum absolute atomic E-state index is 0.662. The Morgan fingerprint density at radius 2 is 2.00 bits per heavy atom. The predicted octanol–water partition coefficient (Wildman–Crippen LogP) is 2.23. The van der Waals surface area contributed by atoms with Crippen LogP contribution in [0.25, 0.3) is 16.3 Å². The first-order valence-electron chi connectivity index (χ1n) is 3.89. The van der Waals surface area contributed by atoms with E-state index in [1.54, 1.807) is 6.07 Å². The van der Waals surface area contributed by atoms with Crippen molar-refractivity contribution in [2.24, 2.45) is 0 Å². The van der Waals surface area contributed by atoms with E-state index in [1.807, 2.05) is 30.3 Å². The number of halogens is 1. The van der Waals surface area contributed by atoms with Crippen LogP contribution in [0.5, 0.6) is 0 Å². The molecule has 2 nitrogen and oxygen atoms in total. The summed E-state index contributed by atoms with van der Waals surface area (Å²) >= 11 is 5.84. The molecule has 0 saturated heterocycles. The highest BCUT2D eigenvalue weighted by molar-refractivity contribution is 6.31. The van der Waals surface area contributed by atoms with Crippen molar-refractivity contribution >= 4 is 28.1 Å². The standard InChI is InChI=1S/C10H7ClN2/c11-8-5-4-7-2-1-3-10(13-12)9(7)6-8/h1-6,13H. The monoisotopic (exact) mass is 190 g/mol. The second-order valence-electron chi connectivity index (χ2n) is 2.78. The fraction of sp³-hybridized carbons (Fsp3) is 0. The molecule has 0 amide bonds. The van der Waals surface area contributed by atoms with E-state index in [0.717, 1.165) is 10.8 Å². The summed E-state index contributed by atoms with van der Waals surface area (Å²) in [6, 6.07) is 11.2. The van der Waals surface area contributed by atoms with Crippen LogP contribution in [-0.4, -0.2) is 0 Å². The summed E-state index contributed by atoms with van der Waals surface area (Å²) in [5, 5.41) is 4.76. The normalized spacial score (nSPS) is 10.2. The molecule has 0 atom stereocenters. The first kappa shape index (κ1) is 8.20. The molecule has 0 spiro atoms. The average molecular weight is 191 g/mol. The molecule has 2 aromatic carbocycles. The number of hydrogen-bond acceptors (Lipinski definition) is 0. The molecule has 0 aliphatic rings. The molecule has 1 N–H and O–H groups in total. The summed E-state index contributed by atoms with van der Waals surface area (Å²) in [5.41, 5.74) is 9.50. The fourth-order valence-electron chi connectivity index (χ4n) is 1.34. The van der Waals surface area contributed by atoms with Crippen molar-refractivity contribution in [1.29, 1.82) is 0 Å². The van der Waals surface area contributed by atoms with Gasteiger partial charge in [-0.05, 0) is 17.5 Å². The van der Waals surface area contributed by atoms with Crippen molar-refractivity contribution in [3.8, 4) is 0 Å². The summed E-state index contributed by atoms with van der Waals surface area (Å²) in [6.45, 7) is 0. The number of fused-ring (bicyclic) bond motifs is 1. The SMILES string of the molecule is [N-]=[NH+]c1cccc2ccc(Cl)cc12. The van der Waals surface area contributed by atoms with Gasteiger partial charge in [-0.1, -0.05) is 29.8 Å². The van der Waals surface area contributed by atoms with Gasteiger partial charge < -0.3 is 5.53 Å². The maximum atomic E-state index is 8.83. The molecule has 3 heteroatoms. The van der Waals surface area contributed by atoms with Gasteiger partial charge >= 0.3 is 0 Å². The van der Waals surface area contributed by atoms with Gasteiger partial charge in [0, 0.05) is 11.1 Å². The van der Waals surface area contributed by atoms with Crippen LogP contribution in [0.1, 0.15) is 0 Å². The van der Waals surface area contributed by atoms with Gasteiger partial charge in [-0.2, -0.15) is 0 Å². The smallest absolute Gasteiger partial charge is 0.200 e. The Hall–Kier alpha value is -1.41. The highest BCUT2D eigenvalue weighted by Crippen LogP contribution is 2.23.